The molecule has 29 heavy (non-hydrogen) atoms. The number of nitrogens with zero attached hydrogens (tertiary/aromatic N) is 1. The molecule has 1 saturated heterocycles. The Labute approximate surface area is 203 Å². The van der Waals surface area contributed by atoms with Crippen molar-refractivity contribution in [2.24, 2.45) is 11.8 Å². The fraction of sp³-hybridized carbons (Fsp3) is 0.458. The molecule has 4 rings (SSSR count). The van der Waals surface area contributed by atoms with E-state index in [1.54, 1.807) is 14.2 Å². The molecule has 148 valence electrons. The Kier molecular flexibility index (Phi) is 8.03. The van der Waals surface area contributed by atoms with Gasteiger partial charge in [0.05, 0.1) is 14.2 Å². The van der Waals surface area contributed by atoms with Gasteiger partial charge in [-0.15, -0.1) is 0 Å². The van der Waals surface area contributed by atoms with Gasteiger partial charge in [-0.3, -0.25) is 9.69 Å². The zero-order valence-corrected chi connectivity index (χ0v) is 19.7. The Morgan fingerprint density at radius 1 is 1.00 bits per heavy atom. The maximum absolute atomic E-state index is 12.9. The van der Waals surface area contributed by atoms with E-state index in [2.05, 4.69) is 35.2 Å². The molecule has 0 N–H and O–H groups in total. The maximum Gasteiger partial charge on any atom is 2.00 e. The number of fused-ring (bicyclic) bond motifs is 1. The number of likely N-dealkylation sites (tertiary alicyclic amines) is 1. The zero-order valence-electron chi connectivity index (χ0n) is 17.5. The smallest absolute Gasteiger partial charge is 0.493 e. The number of carbonyl (C=O) groups is 1. The number of rotatable bonds is 6. The number of carbonyl (C=O) groups excluding carboxylic acids is 1. The van der Waals surface area contributed by atoms with Crippen molar-refractivity contribution in [3.8, 4) is 11.5 Å². The van der Waals surface area contributed by atoms with E-state index in [4.69, 9.17) is 9.47 Å². The van der Waals surface area contributed by atoms with Crippen molar-refractivity contribution in [1.82, 2.24) is 4.90 Å². The van der Waals surface area contributed by atoms with Crippen molar-refractivity contribution >= 4 is 43.5 Å². The van der Waals surface area contributed by atoms with E-state index in [1.165, 1.54) is 18.4 Å². The van der Waals surface area contributed by atoms with Crippen LogP contribution < -0.4 is 9.47 Å². The van der Waals surface area contributed by atoms with Crippen molar-refractivity contribution in [2.75, 3.05) is 27.3 Å². The third-order valence-electron chi connectivity index (χ3n) is 6.29. The molecule has 0 saturated carbocycles. The first-order valence-electron chi connectivity index (χ1n) is 10.2. The average molecular weight is 420 g/mol. The van der Waals surface area contributed by atoms with Crippen molar-refractivity contribution in [3.05, 3.63) is 59.2 Å². The number of hydrogen-bond acceptors (Lipinski definition) is 4. The first-order chi connectivity index (χ1) is 13.7. The Hall–Kier alpha value is -1.07. The van der Waals surface area contributed by atoms with E-state index in [9.17, 15) is 4.79 Å². The van der Waals surface area contributed by atoms with Crippen LogP contribution in [0.3, 0.4) is 0 Å². The normalized spacial score (nSPS) is 19.5. The van der Waals surface area contributed by atoms with Crippen LogP contribution in [-0.4, -0.2) is 75.7 Å². The van der Waals surface area contributed by atoms with Gasteiger partial charge in [0.1, 0.15) is 0 Å². The van der Waals surface area contributed by atoms with Gasteiger partial charge in [-0.1, -0.05) is 30.3 Å². The van der Waals surface area contributed by atoms with Gasteiger partial charge >= 0.3 is 37.7 Å². The maximum atomic E-state index is 12.9. The summed E-state index contributed by atoms with van der Waals surface area (Å²) < 4.78 is 10.8. The Morgan fingerprint density at radius 2 is 1.66 bits per heavy atom. The summed E-state index contributed by atoms with van der Waals surface area (Å²) in [7, 11) is 3.26. The zero-order chi connectivity index (χ0) is 19.5. The number of ketones is 1. The molecular weight excluding hydrogens is 390 g/mol. The second kappa shape index (κ2) is 10.3. The summed E-state index contributed by atoms with van der Waals surface area (Å²) in [5.41, 5.74) is 3.31. The fourth-order valence-electron chi connectivity index (χ4n) is 4.71. The van der Waals surface area contributed by atoms with Gasteiger partial charge in [0, 0.05) is 18.0 Å². The molecule has 2 aromatic carbocycles. The predicted octanol–water partition coefficient (Wildman–Crippen LogP) is 3.98. The Bertz CT molecular complexity index is 832. The molecule has 2 aliphatic rings. The second-order valence-corrected chi connectivity index (χ2v) is 8.07. The molecule has 0 spiro atoms. The number of methoxy groups -OCH3 is 2. The Morgan fingerprint density at radius 3 is 2.31 bits per heavy atom. The van der Waals surface area contributed by atoms with Crippen molar-refractivity contribution in [3.63, 3.8) is 0 Å². The summed E-state index contributed by atoms with van der Waals surface area (Å²) in [4.78, 5) is 15.5. The molecule has 1 heterocycles. The monoisotopic (exact) mass is 419 g/mol. The van der Waals surface area contributed by atoms with Crippen LogP contribution in [0.2, 0.25) is 0 Å². The fourth-order valence-corrected chi connectivity index (χ4v) is 4.71. The van der Waals surface area contributed by atoms with Gasteiger partial charge in [-0.25, -0.2) is 0 Å². The van der Waals surface area contributed by atoms with Gasteiger partial charge in [-0.2, -0.15) is 0 Å². The van der Waals surface area contributed by atoms with Crippen LogP contribution in [-0.2, 0) is 13.0 Å². The molecule has 5 heteroatoms. The van der Waals surface area contributed by atoms with Crippen LogP contribution in [0.25, 0.3) is 0 Å². The summed E-state index contributed by atoms with van der Waals surface area (Å²) >= 11 is 0. The van der Waals surface area contributed by atoms with Crippen molar-refractivity contribution in [1.29, 1.82) is 0 Å². The number of ether oxygens (including phenoxy) is 2. The van der Waals surface area contributed by atoms with Crippen LogP contribution in [0.1, 0.15) is 40.7 Å². The molecule has 0 bridgehead atoms. The first kappa shape index (κ1) is 22.6. The standard InChI is InChI=1S/C24H29NO3.Ca/c1-27-22-14-19-13-20(24(26)21(19)15-23(22)28-2)12-17-8-10-25(11-9-17)16-18-6-4-3-5-7-18;/h3-7,14-15,17,20H,8-13,16H2,1-2H3;/q;+2. The van der Waals surface area contributed by atoms with Crippen LogP contribution in [0, 0.1) is 11.8 Å². The molecule has 1 aliphatic heterocycles. The van der Waals surface area contributed by atoms with Gasteiger partial charge in [0.25, 0.3) is 0 Å². The second-order valence-electron chi connectivity index (χ2n) is 8.07. The van der Waals surface area contributed by atoms with Crippen LogP contribution in [0.4, 0.5) is 0 Å². The van der Waals surface area contributed by atoms with Crippen LogP contribution in [0.5, 0.6) is 11.5 Å². The molecule has 1 aliphatic carbocycles. The molecule has 2 aromatic rings. The van der Waals surface area contributed by atoms with Gasteiger partial charge in [0.2, 0.25) is 0 Å². The van der Waals surface area contributed by atoms with E-state index < -0.39 is 0 Å². The summed E-state index contributed by atoms with van der Waals surface area (Å²) in [6.07, 6.45) is 4.19. The summed E-state index contributed by atoms with van der Waals surface area (Å²) in [5, 5.41) is 0. The number of piperidine rings is 1. The molecule has 0 aromatic heterocycles. The van der Waals surface area contributed by atoms with E-state index in [1.807, 2.05) is 12.1 Å². The topological polar surface area (TPSA) is 38.8 Å². The molecule has 0 radical (unpaired) electrons. The van der Waals surface area contributed by atoms with E-state index in [0.29, 0.717) is 17.4 Å². The third kappa shape index (κ3) is 5.16. The molecule has 0 amide bonds. The minimum absolute atomic E-state index is 0. The van der Waals surface area contributed by atoms with Gasteiger partial charge < -0.3 is 9.47 Å². The molecule has 1 unspecified atom stereocenters. The van der Waals surface area contributed by atoms with Gasteiger partial charge in [-0.05, 0) is 68.0 Å². The quantitative estimate of drug-likeness (QED) is 0.664. The largest absolute Gasteiger partial charge is 2.00 e. The summed E-state index contributed by atoms with van der Waals surface area (Å²) in [6.45, 7) is 3.27. The van der Waals surface area contributed by atoms with Crippen LogP contribution in [0.15, 0.2) is 42.5 Å². The predicted molar refractivity (Wildman–Crippen MR) is 116 cm³/mol. The van der Waals surface area contributed by atoms with E-state index in [0.717, 1.165) is 43.6 Å². The van der Waals surface area contributed by atoms with E-state index >= 15 is 0 Å². The first-order valence-corrected chi connectivity index (χ1v) is 10.2. The Balaban J connectivity index is 0.00000240. The SMILES string of the molecule is COc1cc2c(cc1OC)C(=O)C(CC1CCN(Cc3ccccc3)CC1)C2.[Ca+2]. The minimum atomic E-state index is 0. The minimum Gasteiger partial charge on any atom is -0.493 e. The summed E-state index contributed by atoms with van der Waals surface area (Å²) in [6, 6.07) is 14.5. The summed E-state index contributed by atoms with van der Waals surface area (Å²) in [5.74, 6) is 2.38. The molecule has 1 atom stereocenters. The molecule has 4 nitrogen and oxygen atoms in total. The average Bonchev–Trinajstić information content (AvgIpc) is 3.03. The van der Waals surface area contributed by atoms with Crippen LogP contribution >= 0.6 is 0 Å². The van der Waals surface area contributed by atoms with Crippen molar-refractivity contribution in [2.45, 2.75) is 32.2 Å². The van der Waals surface area contributed by atoms with Gasteiger partial charge in [0.15, 0.2) is 17.3 Å². The third-order valence-corrected chi connectivity index (χ3v) is 6.29. The molecular formula is C24H29CaNO3+2. The molecule has 1 fully saturated rings. The number of benzene rings is 2. The van der Waals surface area contributed by atoms with E-state index in [-0.39, 0.29) is 49.4 Å². The van der Waals surface area contributed by atoms with Crippen molar-refractivity contribution < 1.29 is 14.3 Å². The number of hydrogen-bond donors (Lipinski definition) is 0. The number of Topliss-reactive ketones (excluding diaryl/α,β-unsaturated/α-hetero) is 1.